The number of Topliss-reactive ketones (excluding diaryl/α,β-unsaturated/α-hetero) is 1. The monoisotopic (exact) mass is 491 g/mol. The molecule has 164 valence electrons. The Kier molecular flexibility index (Phi) is 5.95. The van der Waals surface area contributed by atoms with E-state index in [-0.39, 0.29) is 32.7 Å². The van der Waals surface area contributed by atoms with Crippen LogP contribution in [0.3, 0.4) is 0 Å². The number of carbonyl (C=O) groups excluding carboxylic acids is 2. The van der Waals surface area contributed by atoms with Crippen molar-refractivity contribution in [3.63, 3.8) is 0 Å². The van der Waals surface area contributed by atoms with Crippen LogP contribution in [0.1, 0.15) is 22.9 Å². The SMILES string of the molecule is COc1c(Cl)cc(Cl)cc1/C(O)=C1/C(=O)C(=O)N(c2cccc(Cl)c2C)C1c1ccco1. The van der Waals surface area contributed by atoms with Gasteiger partial charge in [-0.15, -0.1) is 0 Å². The summed E-state index contributed by atoms with van der Waals surface area (Å²) < 4.78 is 10.9. The van der Waals surface area contributed by atoms with Crippen molar-refractivity contribution in [1.29, 1.82) is 0 Å². The number of halogens is 3. The molecule has 0 radical (unpaired) electrons. The van der Waals surface area contributed by atoms with Crippen LogP contribution in [0.15, 0.2) is 58.7 Å². The molecular weight excluding hydrogens is 477 g/mol. The lowest BCUT2D eigenvalue weighted by atomic mass is 9.98. The van der Waals surface area contributed by atoms with Crippen molar-refractivity contribution in [1.82, 2.24) is 0 Å². The van der Waals surface area contributed by atoms with E-state index in [1.54, 1.807) is 37.3 Å². The molecule has 1 unspecified atom stereocenters. The molecule has 9 heteroatoms. The number of ether oxygens (including phenoxy) is 1. The Morgan fingerprint density at radius 1 is 1.09 bits per heavy atom. The summed E-state index contributed by atoms with van der Waals surface area (Å²) in [4.78, 5) is 27.6. The standard InChI is InChI=1S/C23H16Cl3NO5/c1-11-14(25)5-3-6-16(11)27-19(17-7-4-8-32-17)18(21(29)23(27)30)20(28)13-9-12(24)10-15(26)22(13)31-2/h3-10,19,28H,1-2H3/b20-18-. The average molecular weight is 493 g/mol. The predicted octanol–water partition coefficient (Wildman–Crippen LogP) is 6.18. The largest absolute Gasteiger partial charge is 0.507 e. The number of carbonyl (C=O) groups is 2. The van der Waals surface area contributed by atoms with Gasteiger partial charge in [0.05, 0.1) is 29.5 Å². The summed E-state index contributed by atoms with van der Waals surface area (Å²) in [6.07, 6.45) is 1.41. The van der Waals surface area contributed by atoms with E-state index < -0.39 is 23.5 Å². The first-order valence-corrected chi connectivity index (χ1v) is 10.5. The van der Waals surface area contributed by atoms with E-state index in [1.807, 2.05) is 0 Å². The van der Waals surface area contributed by atoms with Gasteiger partial charge in [0.15, 0.2) is 0 Å². The van der Waals surface area contributed by atoms with Crippen LogP contribution >= 0.6 is 34.8 Å². The molecule has 3 aromatic rings. The number of aliphatic hydroxyl groups is 1. The Morgan fingerprint density at radius 3 is 2.50 bits per heavy atom. The van der Waals surface area contributed by atoms with Crippen molar-refractivity contribution in [3.05, 3.63) is 86.3 Å². The number of nitrogens with zero attached hydrogens (tertiary/aromatic N) is 1. The summed E-state index contributed by atoms with van der Waals surface area (Å²) in [7, 11) is 1.36. The molecule has 1 amide bonds. The van der Waals surface area contributed by atoms with Crippen LogP contribution in [-0.4, -0.2) is 23.9 Å². The van der Waals surface area contributed by atoms with Crippen LogP contribution in [0, 0.1) is 6.92 Å². The van der Waals surface area contributed by atoms with Crippen LogP contribution in [0.25, 0.3) is 5.76 Å². The number of benzene rings is 2. The maximum atomic E-state index is 13.2. The summed E-state index contributed by atoms with van der Waals surface area (Å²) in [5.41, 5.74) is 0.885. The van der Waals surface area contributed by atoms with Gasteiger partial charge in [0.25, 0.3) is 11.7 Å². The van der Waals surface area contributed by atoms with Gasteiger partial charge in [-0.25, -0.2) is 0 Å². The van der Waals surface area contributed by atoms with E-state index in [0.717, 1.165) is 0 Å². The molecule has 1 atom stereocenters. The number of methoxy groups -OCH3 is 1. The van der Waals surface area contributed by atoms with Crippen LogP contribution < -0.4 is 9.64 Å². The summed E-state index contributed by atoms with van der Waals surface area (Å²) in [6.45, 7) is 1.73. The van der Waals surface area contributed by atoms with E-state index >= 15 is 0 Å². The Bertz CT molecular complexity index is 1270. The number of furan rings is 1. The summed E-state index contributed by atoms with van der Waals surface area (Å²) in [5.74, 6) is -1.85. The molecule has 4 rings (SSSR count). The fourth-order valence-electron chi connectivity index (χ4n) is 3.74. The molecule has 1 aromatic heterocycles. The quantitative estimate of drug-likeness (QED) is 0.267. The third-order valence-electron chi connectivity index (χ3n) is 5.22. The highest BCUT2D eigenvalue weighted by Crippen LogP contribution is 2.46. The molecule has 1 aliphatic heterocycles. The van der Waals surface area contributed by atoms with E-state index in [1.165, 1.54) is 30.4 Å². The maximum absolute atomic E-state index is 13.2. The van der Waals surface area contributed by atoms with Crippen LogP contribution in [0.5, 0.6) is 5.75 Å². The molecule has 0 saturated carbocycles. The van der Waals surface area contributed by atoms with Gasteiger partial charge in [-0.3, -0.25) is 14.5 Å². The minimum absolute atomic E-state index is 0.0716. The molecule has 2 aromatic carbocycles. The number of hydrogen-bond acceptors (Lipinski definition) is 5. The lowest BCUT2D eigenvalue weighted by Crippen LogP contribution is -2.30. The number of amides is 1. The Morgan fingerprint density at radius 2 is 1.84 bits per heavy atom. The van der Waals surface area contributed by atoms with E-state index in [2.05, 4.69) is 0 Å². The Labute approximate surface area is 198 Å². The summed E-state index contributed by atoms with van der Waals surface area (Å²) in [5, 5.41) is 12.0. The van der Waals surface area contributed by atoms with E-state index in [4.69, 9.17) is 44.0 Å². The minimum atomic E-state index is -1.05. The number of ketones is 1. The lowest BCUT2D eigenvalue weighted by Gasteiger charge is -2.25. The molecule has 0 spiro atoms. The number of anilines is 1. The van der Waals surface area contributed by atoms with E-state index in [9.17, 15) is 14.7 Å². The molecule has 1 saturated heterocycles. The Balaban J connectivity index is 2.01. The number of aliphatic hydroxyl groups excluding tert-OH is 1. The fourth-order valence-corrected chi connectivity index (χ4v) is 4.48. The highest BCUT2D eigenvalue weighted by Gasteiger charge is 2.49. The van der Waals surface area contributed by atoms with Crippen molar-refractivity contribution in [2.45, 2.75) is 13.0 Å². The van der Waals surface area contributed by atoms with Crippen LogP contribution in [0.4, 0.5) is 5.69 Å². The zero-order chi connectivity index (χ0) is 23.2. The number of hydrogen-bond donors (Lipinski definition) is 1. The van der Waals surface area contributed by atoms with Crippen molar-refractivity contribution < 1.29 is 23.8 Å². The van der Waals surface area contributed by atoms with Gasteiger partial charge in [-0.2, -0.15) is 0 Å². The first-order chi connectivity index (χ1) is 15.3. The first kappa shape index (κ1) is 22.3. The van der Waals surface area contributed by atoms with Gasteiger partial charge in [-0.1, -0.05) is 40.9 Å². The second-order valence-corrected chi connectivity index (χ2v) is 8.29. The molecule has 32 heavy (non-hydrogen) atoms. The summed E-state index contributed by atoms with van der Waals surface area (Å²) in [6, 6.07) is 10.0. The molecule has 0 bridgehead atoms. The topological polar surface area (TPSA) is 80.0 Å². The van der Waals surface area contributed by atoms with E-state index in [0.29, 0.717) is 16.3 Å². The van der Waals surface area contributed by atoms with Crippen molar-refractivity contribution >= 4 is 57.9 Å². The molecule has 1 aliphatic rings. The predicted molar refractivity (Wildman–Crippen MR) is 123 cm³/mol. The van der Waals surface area contributed by atoms with Crippen molar-refractivity contribution in [3.8, 4) is 5.75 Å². The average Bonchev–Trinajstić information content (AvgIpc) is 3.36. The first-order valence-electron chi connectivity index (χ1n) is 9.39. The normalized spacial score (nSPS) is 17.8. The van der Waals surface area contributed by atoms with Gasteiger partial charge in [-0.05, 0) is 48.9 Å². The molecule has 6 nitrogen and oxygen atoms in total. The van der Waals surface area contributed by atoms with Gasteiger partial charge in [0.1, 0.15) is 23.3 Å². The van der Waals surface area contributed by atoms with Gasteiger partial charge >= 0.3 is 0 Å². The molecule has 0 aliphatic carbocycles. The van der Waals surface area contributed by atoms with Crippen molar-refractivity contribution in [2.24, 2.45) is 0 Å². The third-order valence-corrected chi connectivity index (χ3v) is 6.13. The zero-order valence-corrected chi connectivity index (χ0v) is 19.1. The van der Waals surface area contributed by atoms with Gasteiger partial charge < -0.3 is 14.3 Å². The highest BCUT2D eigenvalue weighted by atomic mass is 35.5. The molecule has 2 heterocycles. The van der Waals surface area contributed by atoms with Crippen molar-refractivity contribution in [2.75, 3.05) is 12.0 Å². The fraction of sp³-hybridized carbons (Fsp3) is 0.130. The highest BCUT2D eigenvalue weighted by molar-refractivity contribution is 6.52. The lowest BCUT2D eigenvalue weighted by molar-refractivity contribution is -0.132. The Hall–Kier alpha value is -2.93. The molecule has 1 N–H and O–H groups in total. The third kappa shape index (κ3) is 3.54. The summed E-state index contributed by atoms with van der Waals surface area (Å²) >= 11 is 18.6. The second kappa shape index (κ2) is 8.54. The number of rotatable bonds is 4. The van der Waals surface area contributed by atoms with Gasteiger partial charge in [0.2, 0.25) is 0 Å². The zero-order valence-electron chi connectivity index (χ0n) is 16.9. The van der Waals surface area contributed by atoms with Gasteiger partial charge in [0, 0.05) is 15.7 Å². The minimum Gasteiger partial charge on any atom is -0.507 e. The molecule has 1 fully saturated rings. The smallest absolute Gasteiger partial charge is 0.300 e. The molecular formula is C23H16Cl3NO5. The van der Waals surface area contributed by atoms with Crippen LogP contribution in [-0.2, 0) is 9.59 Å². The van der Waals surface area contributed by atoms with Crippen LogP contribution in [0.2, 0.25) is 15.1 Å². The maximum Gasteiger partial charge on any atom is 0.300 e. The second-order valence-electron chi connectivity index (χ2n) is 7.04.